The molecule has 0 aliphatic heterocycles. The molecular formula is C21H31FN2S. The number of hydrogen-bond donors (Lipinski definition) is 1. The van der Waals surface area contributed by atoms with E-state index in [1.54, 1.807) is 12.1 Å². The molecule has 2 fully saturated rings. The van der Waals surface area contributed by atoms with Gasteiger partial charge >= 0.3 is 0 Å². The second-order valence-electron chi connectivity index (χ2n) is 7.68. The molecule has 0 amide bonds. The van der Waals surface area contributed by atoms with Gasteiger partial charge in [-0.25, -0.2) is 4.39 Å². The van der Waals surface area contributed by atoms with Crippen LogP contribution in [-0.2, 0) is 6.54 Å². The van der Waals surface area contributed by atoms with Gasteiger partial charge in [-0.05, 0) is 55.6 Å². The highest BCUT2D eigenvalue weighted by Crippen LogP contribution is 2.26. The molecule has 2 aliphatic carbocycles. The first-order valence-corrected chi connectivity index (χ1v) is 10.4. The molecule has 25 heavy (non-hydrogen) atoms. The smallest absolute Gasteiger partial charge is 0.169 e. The van der Waals surface area contributed by atoms with E-state index in [-0.39, 0.29) is 5.82 Å². The fourth-order valence-corrected chi connectivity index (χ4v) is 4.61. The zero-order valence-electron chi connectivity index (χ0n) is 15.2. The summed E-state index contributed by atoms with van der Waals surface area (Å²) in [6.45, 7) is 0.781. The van der Waals surface area contributed by atoms with Gasteiger partial charge in [-0.2, -0.15) is 0 Å². The van der Waals surface area contributed by atoms with Gasteiger partial charge in [0.15, 0.2) is 5.11 Å². The Bertz CT molecular complexity index is 531. The second-order valence-corrected chi connectivity index (χ2v) is 8.07. The lowest BCUT2D eigenvalue weighted by atomic mass is 9.97. The Balaban J connectivity index is 1.64. The van der Waals surface area contributed by atoms with E-state index >= 15 is 0 Å². The molecular weight excluding hydrogens is 331 g/mol. The fourth-order valence-electron chi connectivity index (χ4n) is 4.23. The van der Waals surface area contributed by atoms with Crippen molar-refractivity contribution < 1.29 is 4.39 Å². The summed E-state index contributed by atoms with van der Waals surface area (Å²) in [5, 5.41) is 4.58. The molecule has 0 unspecified atom stereocenters. The van der Waals surface area contributed by atoms with Crippen molar-refractivity contribution >= 4 is 17.3 Å². The van der Waals surface area contributed by atoms with Gasteiger partial charge in [-0.3, -0.25) is 0 Å². The lowest BCUT2D eigenvalue weighted by molar-refractivity contribution is 0.295. The third kappa shape index (κ3) is 5.67. The molecule has 1 N–H and O–H groups in total. The monoisotopic (exact) mass is 362 g/mol. The van der Waals surface area contributed by atoms with Crippen molar-refractivity contribution in [2.75, 3.05) is 0 Å². The van der Waals surface area contributed by atoms with E-state index in [1.165, 1.54) is 70.6 Å². The summed E-state index contributed by atoms with van der Waals surface area (Å²) in [5.74, 6) is -0.175. The molecule has 2 saturated carbocycles. The molecule has 0 aromatic heterocycles. The zero-order chi connectivity index (χ0) is 17.5. The van der Waals surface area contributed by atoms with E-state index in [4.69, 9.17) is 12.2 Å². The lowest BCUT2D eigenvalue weighted by Gasteiger charge is -2.34. The van der Waals surface area contributed by atoms with Crippen molar-refractivity contribution in [1.29, 1.82) is 0 Å². The molecule has 2 aliphatic rings. The van der Waals surface area contributed by atoms with Gasteiger partial charge in [0.1, 0.15) is 5.82 Å². The summed E-state index contributed by atoms with van der Waals surface area (Å²) in [7, 11) is 0. The highest BCUT2D eigenvalue weighted by molar-refractivity contribution is 7.80. The van der Waals surface area contributed by atoms with Gasteiger partial charge in [0.2, 0.25) is 0 Å². The third-order valence-electron chi connectivity index (χ3n) is 5.73. The van der Waals surface area contributed by atoms with Crippen LogP contribution < -0.4 is 5.32 Å². The van der Waals surface area contributed by atoms with Crippen LogP contribution in [0.15, 0.2) is 24.3 Å². The maximum absolute atomic E-state index is 13.2. The maximum Gasteiger partial charge on any atom is 0.169 e. The van der Waals surface area contributed by atoms with Crippen LogP contribution in [0.25, 0.3) is 0 Å². The molecule has 1 aromatic rings. The minimum absolute atomic E-state index is 0.175. The third-order valence-corrected chi connectivity index (χ3v) is 6.08. The molecule has 0 radical (unpaired) electrons. The largest absolute Gasteiger partial charge is 0.360 e. The van der Waals surface area contributed by atoms with Gasteiger partial charge in [-0.1, -0.05) is 57.1 Å². The SMILES string of the molecule is Fc1ccc(CN(C(=S)NC2CCCCCCC2)C2CCCC2)cc1. The predicted molar refractivity (Wildman–Crippen MR) is 106 cm³/mol. The van der Waals surface area contributed by atoms with E-state index < -0.39 is 0 Å². The second kappa shape index (κ2) is 9.51. The Labute approximate surface area is 157 Å². The summed E-state index contributed by atoms with van der Waals surface area (Å²) in [5.41, 5.74) is 1.13. The van der Waals surface area contributed by atoms with Crippen molar-refractivity contribution in [3.8, 4) is 0 Å². The number of rotatable bonds is 4. The van der Waals surface area contributed by atoms with Crippen molar-refractivity contribution in [1.82, 2.24) is 10.2 Å². The summed E-state index contributed by atoms with van der Waals surface area (Å²) >= 11 is 5.84. The van der Waals surface area contributed by atoms with E-state index in [1.807, 2.05) is 12.1 Å². The molecule has 2 nitrogen and oxygen atoms in total. The lowest BCUT2D eigenvalue weighted by Crippen LogP contribution is -2.48. The van der Waals surface area contributed by atoms with Gasteiger partial charge in [-0.15, -0.1) is 0 Å². The molecule has 138 valence electrons. The van der Waals surface area contributed by atoms with Crippen LogP contribution in [0.1, 0.15) is 76.2 Å². The molecule has 0 bridgehead atoms. The van der Waals surface area contributed by atoms with Gasteiger partial charge in [0.05, 0.1) is 0 Å². The maximum atomic E-state index is 13.2. The van der Waals surface area contributed by atoms with Crippen molar-refractivity contribution in [2.24, 2.45) is 0 Å². The fraction of sp³-hybridized carbons (Fsp3) is 0.667. The highest BCUT2D eigenvalue weighted by Gasteiger charge is 2.26. The summed E-state index contributed by atoms with van der Waals surface area (Å²) in [4.78, 5) is 2.37. The van der Waals surface area contributed by atoms with Gasteiger partial charge in [0, 0.05) is 18.6 Å². The van der Waals surface area contributed by atoms with Crippen molar-refractivity contribution in [3.05, 3.63) is 35.6 Å². The topological polar surface area (TPSA) is 15.3 Å². The minimum atomic E-state index is -0.175. The number of nitrogens with one attached hydrogen (secondary N) is 1. The Kier molecular flexibility index (Phi) is 7.09. The number of thiocarbonyl (C=S) groups is 1. The summed E-state index contributed by atoms with van der Waals surface area (Å²) in [6, 6.07) is 7.91. The average molecular weight is 363 g/mol. The van der Waals surface area contributed by atoms with Crippen LogP contribution in [-0.4, -0.2) is 22.1 Å². The average Bonchev–Trinajstić information content (AvgIpc) is 3.10. The standard InChI is InChI=1S/C21H31FN2S/c22-18-14-12-17(13-15-18)16-24(20-10-6-7-11-20)21(25)23-19-8-4-2-1-3-5-9-19/h12-15,19-20H,1-11,16H2,(H,23,25). The normalized spacial score (nSPS) is 20.0. The first-order valence-electron chi connectivity index (χ1n) is 10.0. The van der Waals surface area contributed by atoms with Crippen LogP contribution in [0.3, 0.4) is 0 Å². The van der Waals surface area contributed by atoms with Gasteiger partial charge in [0.25, 0.3) is 0 Å². The predicted octanol–water partition coefficient (Wildman–Crippen LogP) is 5.56. The van der Waals surface area contributed by atoms with E-state index in [0.717, 1.165) is 17.2 Å². The van der Waals surface area contributed by atoms with E-state index in [2.05, 4.69) is 10.2 Å². The minimum Gasteiger partial charge on any atom is -0.360 e. The number of halogens is 1. The Morgan fingerprint density at radius 2 is 1.48 bits per heavy atom. The molecule has 4 heteroatoms. The summed E-state index contributed by atoms with van der Waals surface area (Å²) < 4.78 is 13.2. The van der Waals surface area contributed by atoms with Crippen molar-refractivity contribution in [2.45, 2.75) is 89.3 Å². The first kappa shape index (κ1) is 18.6. The highest BCUT2D eigenvalue weighted by atomic mass is 32.1. The van der Waals surface area contributed by atoms with Crippen LogP contribution in [0.4, 0.5) is 4.39 Å². The van der Waals surface area contributed by atoms with Crippen molar-refractivity contribution in [3.63, 3.8) is 0 Å². The Morgan fingerprint density at radius 3 is 2.12 bits per heavy atom. The molecule has 0 atom stereocenters. The van der Waals surface area contributed by atoms with Crippen LogP contribution in [0.2, 0.25) is 0 Å². The Morgan fingerprint density at radius 1 is 0.920 bits per heavy atom. The van der Waals surface area contributed by atoms with Gasteiger partial charge < -0.3 is 10.2 Å². The van der Waals surface area contributed by atoms with E-state index in [0.29, 0.717) is 12.1 Å². The van der Waals surface area contributed by atoms with Crippen LogP contribution in [0.5, 0.6) is 0 Å². The van der Waals surface area contributed by atoms with Crippen LogP contribution in [0, 0.1) is 5.82 Å². The number of nitrogens with zero attached hydrogens (tertiary/aromatic N) is 1. The molecule has 0 heterocycles. The van der Waals surface area contributed by atoms with Crippen LogP contribution >= 0.6 is 12.2 Å². The number of benzene rings is 1. The summed E-state index contributed by atoms with van der Waals surface area (Å²) in [6.07, 6.45) is 14.2. The Hall–Kier alpha value is -1.16. The van der Waals surface area contributed by atoms with E-state index in [9.17, 15) is 4.39 Å². The zero-order valence-corrected chi connectivity index (χ0v) is 16.0. The number of hydrogen-bond acceptors (Lipinski definition) is 1. The first-order chi connectivity index (χ1) is 12.2. The molecule has 0 spiro atoms. The molecule has 0 saturated heterocycles. The molecule has 3 rings (SSSR count). The molecule has 1 aromatic carbocycles. The quantitative estimate of drug-likeness (QED) is 0.706.